The summed E-state index contributed by atoms with van der Waals surface area (Å²) in [4.78, 5) is 0. The highest BCUT2D eigenvalue weighted by Gasteiger charge is 2.23. The molecular formula is C15H23N5O. The number of ether oxygens (including phenoxy) is 1. The van der Waals surface area contributed by atoms with E-state index in [0.29, 0.717) is 5.75 Å². The van der Waals surface area contributed by atoms with Crippen LogP contribution in [-0.2, 0) is 13.0 Å². The molecule has 2 rings (SSSR count). The second-order valence-corrected chi connectivity index (χ2v) is 5.04. The molecule has 6 nitrogen and oxygen atoms in total. The summed E-state index contributed by atoms with van der Waals surface area (Å²) in [5, 5.41) is 12.8. The van der Waals surface area contributed by atoms with Gasteiger partial charge in [0.05, 0.1) is 30.7 Å². The van der Waals surface area contributed by atoms with Gasteiger partial charge in [-0.25, -0.2) is 0 Å². The maximum atomic E-state index is 6.50. The number of hydrogen-bond donors (Lipinski definition) is 1. The lowest BCUT2D eigenvalue weighted by molar-refractivity contribution is 0.403. The highest BCUT2D eigenvalue weighted by atomic mass is 16.5. The zero-order valence-corrected chi connectivity index (χ0v) is 13.1. The van der Waals surface area contributed by atoms with Crippen LogP contribution < -0.4 is 10.5 Å². The van der Waals surface area contributed by atoms with Crippen LogP contribution in [0.25, 0.3) is 0 Å². The number of nitrogens with two attached hydrogens (primary N) is 1. The molecule has 2 aromatic rings. The van der Waals surface area contributed by atoms with Gasteiger partial charge in [-0.1, -0.05) is 13.8 Å². The van der Waals surface area contributed by atoms with Gasteiger partial charge in [0.1, 0.15) is 5.69 Å². The summed E-state index contributed by atoms with van der Waals surface area (Å²) in [5.74, 6) is 0.715. The van der Waals surface area contributed by atoms with Crippen LogP contribution in [-0.4, -0.2) is 27.1 Å². The third kappa shape index (κ3) is 3.05. The molecule has 0 aliphatic rings. The second-order valence-electron chi connectivity index (χ2n) is 5.04. The molecule has 0 aromatic carbocycles. The van der Waals surface area contributed by atoms with E-state index in [1.54, 1.807) is 13.3 Å². The van der Waals surface area contributed by atoms with Crippen molar-refractivity contribution in [3.05, 3.63) is 34.9 Å². The second kappa shape index (κ2) is 6.67. The van der Waals surface area contributed by atoms with E-state index in [9.17, 15) is 0 Å². The van der Waals surface area contributed by atoms with Crippen LogP contribution in [0.5, 0.6) is 5.75 Å². The highest BCUT2D eigenvalue weighted by molar-refractivity contribution is 5.38. The van der Waals surface area contributed by atoms with E-state index < -0.39 is 0 Å². The van der Waals surface area contributed by atoms with Crippen molar-refractivity contribution in [1.82, 2.24) is 20.0 Å². The first-order chi connectivity index (χ1) is 10.1. The van der Waals surface area contributed by atoms with E-state index in [-0.39, 0.29) is 6.04 Å². The lowest BCUT2D eigenvalue weighted by atomic mass is 10.0. The average molecular weight is 289 g/mol. The SMILES string of the molecule is CCCn1ncc(OC)c1C(N)c1cc(C)nnc1CC. The Kier molecular flexibility index (Phi) is 4.90. The van der Waals surface area contributed by atoms with Gasteiger partial charge in [0.15, 0.2) is 5.75 Å². The van der Waals surface area contributed by atoms with E-state index in [1.165, 1.54) is 0 Å². The van der Waals surface area contributed by atoms with Gasteiger partial charge in [0.25, 0.3) is 0 Å². The zero-order valence-electron chi connectivity index (χ0n) is 13.1. The Morgan fingerprint density at radius 3 is 2.71 bits per heavy atom. The fraction of sp³-hybridized carbons (Fsp3) is 0.533. The molecular weight excluding hydrogens is 266 g/mol. The number of hydrogen-bond acceptors (Lipinski definition) is 5. The van der Waals surface area contributed by atoms with Gasteiger partial charge < -0.3 is 10.5 Å². The van der Waals surface area contributed by atoms with Crippen molar-refractivity contribution in [2.24, 2.45) is 5.73 Å². The summed E-state index contributed by atoms with van der Waals surface area (Å²) in [6, 6.07) is 1.68. The summed E-state index contributed by atoms with van der Waals surface area (Å²) >= 11 is 0. The van der Waals surface area contributed by atoms with Gasteiger partial charge in [-0.3, -0.25) is 4.68 Å². The largest absolute Gasteiger partial charge is 0.493 e. The van der Waals surface area contributed by atoms with Gasteiger partial charge >= 0.3 is 0 Å². The molecule has 0 aliphatic carbocycles. The van der Waals surface area contributed by atoms with E-state index in [1.807, 2.05) is 17.7 Å². The van der Waals surface area contributed by atoms with E-state index in [4.69, 9.17) is 10.5 Å². The molecule has 2 aromatic heterocycles. The number of nitrogens with zero attached hydrogens (tertiary/aromatic N) is 4. The third-order valence-electron chi connectivity index (χ3n) is 3.49. The quantitative estimate of drug-likeness (QED) is 0.880. The van der Waals surface area contributed by atoms with Crippen molar-refractivity contribution in [2.75, 3.05) is 7.11 Å². The van der Waals surface area contributed by atoms with Crippen molar-refractivity contribution in [1.29, 1.82) is 0 Å². The van der Waals surface area contributed by atoms with Crippen molar-refractivity contribution >= 4 is 0 Å². The normalized spacial score (nSPS) is 12.4. The first-order valence-corrected chi connectivity index (χ1v) is 7.30. The van der Waals surface area contributed by atoms with Crippen LogP contribution >= 0.6 is 0 Å². The molecule has 0 amide bonds. The molecule has 0 saturated heterocycles. The molecule has 114 valence electrons. The van der Waals surface area contributed by atoms with Crippen molar-refractivity contribution in [2.45, 2.75) is 46.2 Å². The Balaban J connectivity index is 2.51. The lowest BCUT2D eigenvalue weighted by Crippen LogP contribution is -2.21. The molecule has 1 atom stereocenters. The maximum absolute atomic E-state index is 6.50. The highest BCUT2D eigenvalue weighted by Crippen LogP contribution is 2.30. The van der Waals surface area contributed by atoms with Crippen LogP contribution in [0, 0.1) is 6.92 Å². The van der Waals surface area contributed by atoms with Gasteiger partial charge in [0, 0.05) is 12.1 Å². The summed E-state index contributed by atoms with van der Waals surface area (Å²) in [5.41, 5.74) is 10.2. The molecule has 0 radical (unpaired) electrons. The first kappa shape index (κ1) is 15.4. The molecule has 21 heavy (non-hydrogen) atoms. The first-order valence-electron chi connectivity index (χ1n) is 7.30. The summed E-state index contributed by atoms with van der Waals surface area (Å²) in [7, 11) is 1.64. The van der Waals surface area contributed by atoms with Gasteiger partial charge in [-0.2, -0.15) is 15.3 Å². The summed E-state index contributed by atoms with van der Waals surface area (Å²) in [6.45, 7) is 6.89. The summed E-state index contributed by atoms with van der Waals surface area (Å²) < 4.78 is 7.33. The predicted molar refractivity (Wildman–Crippen MR) is 81.2 cm³/mol. The van der Waals surface area contributed by atoms with Crippen LogP contribution in [0.15, 0.2) is 12.3 Å². The minimum Gasteiger partial charge on any atom is -0.493 e. The van der Waals surface area contributed by atoms with E-state index in [2.05, 4.69) is 29.1 Å². The summed E-state index contributed by atoms with van der Waals surface area (Å²) in [6.07, 6.45) is 3.50. The molecule has 0 spiro atoms. The van der Waals surface area contributed by atoms with Gasteiger partial charge in [-0.05, 0) is 25.8 Å². The molecule has 2 N–H and O–H groups in total. The fourth-order valence-electron chi connectivity index (χ4n) is 2.46. The topological polar surface area (TPSA) is 78.9 Å². The Hall–Kier alpha value is -1.95. The minimum absolute atomic E-state index is 0.321. The van der Waals surface area contributed by atoms with Gasteiger partial charge in [-0.15, -0.1) is 0 Å². The molecule has 1 unspecified atom stereocenters. The Bertz CT molecular complexity index is 608. The Morgan fingerprint density at radius 1 is 1.33 bits per heavy atom. The lowest BCUT2D eigenvalue weighted by Gasteiger charge is -2.18. The molecule has 0 fully saturated rings. The molecule has 0 aliphatic heterocycles. The van der Waals surface area contributed by atoms with Crippen LogP contribution in [0.1, 0.15) is 49.0 Å². The van der Waals surface area contributed by atoms with Gasteiger partial charge in [0.2, 0.25) is 0 Å². The number of aryl methyl sites for hydroxylation is 3. The Morgan fingerprint density at radius 2 is 2.10 bits per heavy atom. The van der Waals surface area contributed by atoms with Crippen molar-refractivity contribution in [3.8, 4) is 5.75 Å². The molecule has 0 bridgehead atoms. The van der Waals surface area contributed by atoms with E-state index in [0.717, 1.165) is 42.0 Å². The fourth-order valence-corrected chi connectivity index (χ4v) is 2.46. The molecule has 2 heterocycles. The molecule has 6 heteroatoms. The number of methoxy groups -OCH3 is 1. The standard InChI is InChI=1S/C15H23N5O/c1-5-7-20-15(13(21-4)9-17-20)14(16)11-8-10(3)18-19-12(11)6-2/h8-9,14H,5-7,16H2,1-4H3. The van der Waals surface area contributed by atoms with Crippen LogP contribution in [0.3, 0.4) is 0 Å². The molecule has 0 saturated carbocycles. The van der Waals surface area contributed by atoms with Crippen molar-refractivity contribution in [3.63, 3.8) is 0 Å². The zero-order chi connectivity index (χ0) is 15.4. The Labute approximate surface area is 125 Å². The van der Waals surface area contributed by atoms with E-state index >= 15 is 0 Å². The maximum Gasteiger partial charge on any atom is 0.161 e. The van der Waals surface area contributed by atoms with Crippen LogP contribution in [0.4, 0.5) is 0 Å². The smallest absolute Gasteiger partial charge is 0.161 e. The third-order valence-corrected chi connectivity index (χ3v) is 3.49. The van der Waals surface area contributed by atoms with Crippen LogP contribution in [0.2, 0.25) is 0 Å². The van der Waals surface area contributed by atoms with Crippen molar-refractivity contribution < 1.29 is 4.74 Å². The monoisotopic (exact) mass is 289 g/mol. The predicted octanol–water partition coefficient (Wildman–Crippen LogP) is 2.01. The number of aromatic nitrogens is 4. The average Bonchev–Trinajstić information content (AvgIpc) is 2.89. The number of rotatable bonds is 6. The minimum atomic E-state index is -0.321.